The van der Waals surface area contributed by atoms with Gasteiger partial charge in [-0.2, -0.15) is 0 Å². The molecule has 0 aliphatic carbocycles. The smallest absolute Gasteiger partial charge is 0.305 e. The molecule has 0 aromatic carbocycles. The molecule has 3 heteroatoms. The van der Waals surface area contributed by atoms with E-state index in [0.29, 0.717) is 19.6 Å². The molecule has 3 nitrogen and oxygen atoms in total. The summed E-state index contributed by atoms with van der Waals surface area (Å²) >= 11 is 0. The van der Waals surface area contributed by atoms with Crippen LogP contribution in [0.2, 0.25) is 0 Å². The lowest BCUT2D eigenvalue weighted by Gasteiger charge is -2.09. The van der Waals surface area contributed by atoms with Crippen molar-refractivity contribution in [3.63, 3.8) is 0 Å². The standard InChI is InChI=1S/C18H37NO2/c1-3-4-5-6-7-8-9-10-11-12-13-14-18(20)21-16-17(2)15-19/h17H,3-16,19H2,1-2H3. The number of esters is 1. The second-order valence-corrected chi connectivity index (χ2v) is 6.31. The third kappa shape index (κ3) is 15.6. The molecule has 0 saturated heterocycles. The maximum atomic E-state index is 11.5. The molecule has 0 radical (unpaired) electrons. The molecule has 2 N–H and O–H groups in total. The van der Waals surface area contributed by atoms with Gasteiger partial charge in [0.05, 0.1) is 6.61 Å². The third-order valence-corrected chi connectivity index (χ3v) is 3.92. The minimum absolute atomic E-state index is 0.0637. The normalized spacial score (nSPS) is 12.3. The quantitative estimate of drug-likeness (QED) is 0.348. The summed E-state index contributed by atoms with van der Waals surface area (Å²) in [5.74, 6) is 0.206. The van der Waals surface area contributed by atoms with Gasteiger partial charge in [-0.15, -0.1) is 0 Å². The summed E-state index contributed by atoms with van der Waals surface area (Å²) in [6.07, 6.45) is 14.9. The summed E-state index contributed by atoms with van der Waals surface area (Å²) in [5.41, 5.74) is 5.48. The van der Waals surface area contributed by atoms with E-state index < -0.39 is 0 Å². The highest BCUT2D eigenvalue weighted by Gasteiger charge is 2.05. The number of nitrogens with two attached hydrogens (primary N) is 1. The summed E-state index contributed by atoms with van der Waals surface area (Å²) in [6, 6.07) is 0. The maximum absolute atomic E-state index is 11.5. The number of unbranched alkanes of at least 4 members (excludes halogenated alkanes) is 10. The highest BCUT2D eigenvalue weighted by atomic mass is 16.5. The third-order valence-electron chi connectivity index (χ3n) is 3.92. The van der Waals surface area contributed by atoms with Crippen molar-refractivity contribution in [3.05, 3.63) is 0 Å². The first-order chi connectivity index (χ1) is 10.2. The molecular weight excluding hydrogens is 262 g/mol. The molecule has 0 fully saturated rings. The summed E-state index contributed by atoms with van der Waals surface area (Å²) in [6.45, 7) is 5.29. The number of rotatable bonds is 15. The summed E-state index contributed by atoms with van der Waals surface area (Å²) in [4.78, 5) is 11.5. The highest BCUT2D eigenvalue weighted by Crippen LogP contribution is 2.12. The molecule has 126 valence electrons. The van der Waals surface area contributed by atoms with E-state index >= 15 is 0 Å². The number of hydrogen-bond acceptors (Lipinski definition) is 3. The van der Waals surface area contributed by atoms with Crippen molar-refractivity contribution in [2.45, 2.75) is 90.9 Å². The van der Waals surface area contributed by atoms with E-state index in [1.807, 2.05) is 6.92 Å². The van der Waals surface area contributed by atoms with Crippen LogP contribution in [0.5, 0.6) is 0 Å². The van der Waals surface area contributed by atoms with Crippen LogP contribution in [0.4, 0.5) is 0 Å². The van der Waals surface area contributed by atoms with Crippen molar-refractivity contribution in [1.82, 2.24) is 0 Å². The minimum Gasteiger partial charge on any atom is -0.465 e. The Bertz CT molecular complexity index is 231. The first-order valence-corrected chi connectivity index (χ1v) is 9.06. The molecule has 0 aliphatic rings. The van der Waals surface area contributed by atoms with Crippen LogP contribution in [0.3, 0.4) is 0 Å². The van der Waals surface area contributed by atoms with Crippen LogP contribution in [0.15, 0.2) is 0 Å². The molecule has 0 saturated carbocycles. The van der Waals surface area contributed by atoms with Gasteiger partial charge in [-0.25, -0.2) is 0 Å². The fraction of sp³-hybridized carbons (Fsp3) is 0.944. The number of ether oxygens (including phenoxy) is 1. The molecule has 0 heterocycles. The second kappa shape index (κ2) is 15.8. The van der Waals surface area contributed by atoms with E-state index in [1.165, 1.54) is 57.8 Å². The molecule has 0 aromatic rings. The van der Waals surface area contributed by atoms with Gasteiger partial charge in [0, 0.05) is 12.3 Å². The van der Waals surface area contributed by atoms with Gasteiger partial charge in [0.25, 0.3) is 0 Å². The molecule has 0 aromatic heterocycles. The Morgan fingerprint density at radius 2 is 1.38 bits per heavy atom. The van der Waals surface area contributed by atoms with E-state index in [4.69, 9.17) is 10.5 Å². The van der Waals surface area contributed by atoms with Crippen LogP contribution in [0.1, 0.15) is 90.9 Å². The summed E-state index contributed by atoms with van der Waals surface area (Å²) in [5, 5.41) is 0. The summed E-state index contributed by atoms with van der Waals surface area (Å²) < 4.78 is 5.17. The Hall–Kier alpha value is -0.570. The zero-order chi connectivity index (χ0) is 15.8. The van der Waals surface area contributed by atoms with Gasteiger partial charge in [-0.3, -0.25) is 4.79 Å². The van der Waals surface area contributed by atoms with E-state index in [1.54, 1.807) is 0 Å². The Balaban J connectivity index is 3.16. The Morgan fingerprint density at radius 1 is 0.905 bits per heavy atom. The molecule has 0 spiro atoms. The lowest BCUT2D eigenvalue weighted by atomic mass is 10.1. The first kappa shape index (κ1) is 20.4. The van der Waals surface area contributed by atoms with Gasteiger partial charge in [0.1, 0.15) is 0 Å². The second-order valence-electron chi connectivity index (χ2n) is 6.31. The monoisotopic (exact) mass is 299 g/mol. The van der Waals surface area contributed by atoms with Crippen molar-refractivity contribution < 1.29 is 9.53 Å². The van der Waals surface area contributed by atoms with E-state index in [2.05, 4.69) is 6.92 Å². The highest BCUT2D eigenvalue weighted by molar-refractivity contribution is 5.69. The Labute approximate surface area is 132 Å². The number of hydrogen-bond donors (Lipinski definition) is 1. The van der Waals surface area contributed by atoms with E-state index in [9.17, 15) is 4.79 Å². The van der Waals surface area contributed by atoms with Crippen molar-refractivity contribution >= 4 is 5.97 Å². The summed E-state index contributed by atoms with van der Waals surface area (Å²) in [7, 11) is 0. The van der Waals surface area contributed by atoms with Crippen molar-refractivity contribution in [1.29, 1.82) is 0 Å². The van der Waals surface area contributed by atoms with Crippen LogP contribution in [-0.4, -0.2) is 19.1 Å². The molecule has 0 aliphatic heterocycles. The van der Waals surface area contributed by atoms with E-state index in [-0.39, 0.29) is 11.9 Å². The van der Waals surface area contributed by atoms with Crippen molar-refractivity contribution in [3.8, 4) is 0 Å². The fourth-order valence-electron chi connectivity index (χ4n) is 2.31. The van der Waals surface area contributed by atoms with Gasteiger partial charge in [0.2, 0.25) is 0 Å². The topological polar surface area (TPSA) is 52.3 Å². The molecule has 1 atom stereocenters. The SMILES string of the molecule is CCCCCCCCCCCCCC(=O)OCC(C)CN. The average Bonchev–Trinajstić information content (AvgIpc) is 2.50. The molecule has 1 unspecified atom stereocenters. The zero-order valence-corrected chi connectivity index (χ0v) is 14.4. The van der Waals surface area contributed by atoms with Gasteiger partial charge < -0.3 is 10.5 Å². The molecule has 21 heavy (non-hydrogen) atoms. The van der Waals surface area contributed by atoms with Gasteiger partial charge in [0.15, 0.2) is 0 Å². The molecule has 0 amide bonds. The molecular formula is C18H37NO2. The largest absolute Gasteiger partial charge is 0.465 e. The number of carbonyl (C=O) groups excluding carboxylic acids is 1. The number of carbonyl (C=O) groups is 1. The van der Waals surface area contributed by atoms with Crippen LogP contribution in [0.25, 0.3) is 0 Å². The Morgan fingerprint density at radius 3 is 1.86 bits per heavy atom. The fourth-order valence-corrected chi connectivity index (χ4v) is 2.31. The molecule has 0 rings (SSSR count). The van der Waals surface area contributed by atoms with Gasteiger partial charge in [-0.05, 0) is 13.0 Å². The van der Waals surface area contributed by atoms with Crippen molar-refractivity contribution in [2.75, 3.05) is 13.2 Å². The van der Waals surface area contributed by atoms with Crippen molar-refractivity contribution in [2.24, 2.45) is 11.7 Å². The van der Waals surface area contributed by atoms with Crippen LogP contribution in [0, 0.1) is 5.92 Å². The zero-order valence-electron chi connectivity index (χ0n) is 14.4. The predicted octanol–water partition coefficient (Wildman–Crippen LogP) is 4.83. The van der Waals surface area contributed by atoms with Gasteiger partial charge >= 0.3 is 5.97 Å². The predicted molar refractivity (Wildman–Crippen MR) is 90.3 cm³/mol. The minimum atomic E-state index is -0.0637. The lowest BCUT2D eigenvalue weighted by molar-refractivity contribution is -0.144. The molecule has 0 bridgehead atoms. The van der Waals surface area contributed by atoms with Crippen LogP contribution >= 0.6 is 0 Å². The first-order valence-electron chi connectivity index (χ1n) is 9.06. The van der Waals surface area contributed by atoms with Gasteiger partial charge in [-0.1, -0.05) is 78.1 Å². The van der Waals surface area contributed by atoms with Crippen LogP contribution in [-0.2, 0) is 9.53 Å². The van der Waals surface area contributed by atoms with Crippen LogP contribution < -0.4 is 5.73 Å². The van der Waals surface area contributed by atoms with E-state index in [0.717, 1.165) is 12.8 Å². The lowest BCUT2D eigenvalue weighted by Crippen LogP contribution is -2.18. The Kier molecular flexibility index (Phi) is 15.4. The average molecular weight is 299 g/mol. The maximum Gasteiger partial charge on any atom is 0.305 e.